The van der Waals surface area contributed by atoms with Crippen molar-refractivity contribution in [3.63, 3.8) is 0 Å². The van der Waals surface area contributed by atoms with Gasteiger partial charge in [0.1, 0.15) is 23.1 Å². The van der Waals surface area contributed by atoms with Crippen LogP contribution in [0.5, 0.6) is 5.75 Å². The number of halogens is 1. The molecule has 168 valence electrons. The number of alkyl halides is 1. The third-order valence-corrected chi connectivity index (χ3v) is 6.73. The molecule has 1 aliphatic carbocycles. The Morgan fingerprint density at radius 2 is 1.90 bits per heavy atom. The van der Waals surface area contributed by atoms with E-state index in [1.54, 1.807) is 18.3 Å². The van der Waals surface area contributed by atoms with E-state index in [4.69, 9.17) is 0 Å². The lowest BCUT2D eigenvalue weighted by molar-refractivity contribution is 0.0918. The van der Waals surface area contributed by atoms with Gasteiger partial charge in [-0.1, -0.05) is 6.92 Å². The number of hydrogen-bond acceptors (Lipinski definition) is 5. The molecule has 0 aromatic carbocycles. The maximum Gasteiger partial charge on any atom is 0.268 e. The predicted molar refractivity (Wildman–Crippen MR) is 117 cm³/mol. The smallest absolute Gasteiger partial charge is 0.268 e. The Morgan fingerprint density at radius 3 is 2.61 bits per heavy atom. The average molecular weight is 431 g/mol. The molecule has 1 saturated heterocycles. The Labute approximate surface area is 181 Å². The molecule has 0 atom stereocenters. The van der Waals surface area contributed by atoms with E-state index in [0.717, 1.165) is 25.7 Å². The SMILES string of the molecule is C[C@H]1CC[C@@H](NC(=O)c2c(O)c3cccnc3n(CCN3CCC(F)CC3)c2=O)CC1. The average Bonchev–Trinajstić information content (AvgIpc) is 2.76. The molecule has 0 spiro atoms. The van der Waals surface area contributed by atoms with Crippen molar-refractivity contribution in [2.45, 2.75) is 64.2 Å². The minimum absolute atomic E-state index is 0.0162. The van der Waals surface area contributed by atoms with Gasteiger partial charge in [0.05, 0.1) is 5.39 Å². The van der Waals surface area contributed by atoms with E-state index in [1.165, 1.54) is 4.57 Å². The fourth-order valence-corrected chi connectivity index (χ4v) is 4.70. The molecular weight excluding hydrogens is 399 g/mol. The van der Waals surface area contributed by atoms with Gasteiger partial charge >= 0.3 is 0 Å². The first-order valence-electron chi connectivity index (χ1n) is 11.3. The minimum atomic E-state index is -0.756. The van der Waals surface area contributed by atoms with Crippen molar-refractivity contribution in [3.05, 3.63) is 34.2 Å². The van der Waals surface area contributed by atoms with Crippen molar-refractivity contribution < 1.29 is 14.3 Å². The number of fused-ring (bicyclic) bond motifs is 1. The molecule has 2 aromatic rings. The molecule has 8 heteroatoms. The van der Waals surface area contributed by atoms with Gasteiger partial charge in [-0.2, -0.15) is 0 Å². The molecule has 4 rings (SSSR count). The Bertz CT molecular complexity index is 992. The maximum atomic E-state index is 13.4. The van der Waals surface area contributed by atoms with Gasteiger partial charge in [0, 0.05) is 38.4 Å². The van der Waals surface area contributed by atoms with Crippen molar-refractivity contribution in [1.29, 1.82) is 0 Å². The normalized spacial score (nSPS) is 23.2. The molecule has 1 saturated carbocycles. The van der Waals surface area contributed by atoms with E-state index in [9.17, 15) is 19.1 Å². The molecule has 2 aliphatic rings. The van der Waals surface area contributed by atoms with Crippen molar-refractivity contribution in [3.8, 4) is 5.75 Å². The lowest BCUT2D eigenvalue weighted by Crippen LogP contribution is -2.42. The lowest BCUT2D eigenvalue weighted by atomic mass is 9.87. The summed E-state index contributed by atoms with van der Waals surface area (Å²) < 4.78 is 14.9. The fourth-order valence-electron chi connectivity index (χ4n) is 4.70. The predicted octanol–water partition coefficient (Wildman–Crippen LogP) is 2.84. The summed E-state index contributed by atoms with van der Waals surface area (Å²) in [5.74, 6) is -0.197. The van der Waals surface area contributed by atoms with Crippen LogP contribution in [0, 0.1) is 5.92 Å². The first-order chi connectivity index (χ1) is 14.9. The van der Waals surface area contributed by atoms with Crippen LogP contribution >= 0.6 is 0 Å². The van der Waals surface area contributed by atoms with Gasteiger partial charge in [-0.25, -0.2) is 9.37 Å². The summed E-state index contributed by atoms with van der Waals surface area (Å²) >= 11 is 0. The van der Waals surface area contributed by atoms with Gasteiger partial charge in [0.25, 0.3) is 11.5 Å². The van der Waals surface area contributed by atoms with Crippen LogP contribution in [0.2, 0.25) is 0 Å². The summed E-state index contributed by atoms with van der Waals surface area (Å²) in [7, 11) is 0. The molecule has 31 heavy (non-hydrogen) atoms. The molecule has 0 radical (unpaired) electrons. The van der Waals surface area contributed by atoms with E-state index in [-0.39, 0.29) is 17.4 Å². The third kappa shape index (κ3) is 4.74. The number of rotatable bonds is 5. The largest absolute Gasteiger partial charge is 0.506 e. The van der Waals surface area contributed by atoms with Crippen molar-refractivity contribution in [1.82, 2.24) is 19.8 Å². The van der Waals surface area contributed by atoms with Crippen LogP contribution in [0.4, 0.5) is 4.39 Å². The van der Waals surface area contributed by atoms with Gasteiger partial charge in [-0.3, -0.25) is 14.2 Å². The highest BCUT2D eigenvalue weighted by Gasteiger charge is 2.27. The number of nitrogens with zero attached hydrogens (tertiary/aromatic N) is 3. The topological polar surface area (TPSA) is 87.5 Å². The Balaban J connectivity index is 1.61. The molecule has 2 aromatic heterocycles. The Kier molecular flexibility index (Phi) is 6.55. The number of likely N-dealkylation sites (tertiary alicyclic amines) is 1. The van der Waals surface area contributed by atoms with Crippen molar-refractivity contribution in [2.75, 3.05) is 19.6 Å². The van der Waals surface area contributed by atoms with Crippen LogP contribution in [0.3, 0.4) is 0 Å². The summed E-state index contributed by atoms with van der Waals surface area (Å²) in [5.41, 5.74) is -0.402. The van der Waals surface area contributed by atoms with Crippen molar-refractivity contribution in [2.24, 2.45) is 5.92 Å². The van der Waals surface area contributed by atoms with Crippen LogP contribution in [0.25, 0.3) is 11.0 Å². The van der Waals surface area contributed by atoms with E-state index in [0.29, 0.717) is 56.0 Å². The summed E-state index contributed by atoms with van der Waals surface area (Å²) in [4.78, 5) is 32.7. The maximum absolute atomic E-state index is 13.4. The highest BCUT2D eigenvalue weighted by molar-refractivity contribution is 6.01. The van der Waals surface area contributed by atoms with Gasteiger partial charge in [0.15, 0.2) is 0 Å². The number of pyridine rings is 2. The zero-order chi connectivity index (χ0) is 22.0. The summed E-state index contributed by atoms with van der Waals surface area (Å²) in [6, 6.07) is 3.36. The first kappa shape index (κ1) is 21.7. The number of aromatic hydroxyl groups is 1. The standard InChI is InChI=1S/C23H31FN4O3/c1-15-4-6-17(7-5-15)26-22(30)19-20(29)18-3-2-10-25-21(18)28(23(19)31)14-13-27-11-8-16(24)9-12-27/h2-3,10,15-17,29H,4-9,11-14H2,1H3,(H,26,30)/t15-,17+. The van der Waals surface area contributed by atoms with Crippen LogP contribution in [-0.4, -0.2) is 57.3 Å². The second-order valence-corrected chi connectivity index (χ2v) is 9.00. The molecule has 2 N–H and O–H groups in total. The fraction of sp³-hybridized carbons (Fsp3) is 0.609. The summed E-state index contributed by atoms with van der Waals surface area (Å²) in [6.45, 7) is 4.38. The van der Waals surface area contributed by atoms with Crippen LogP contribution < -0.4 is 10.9 Å². The monoisotopic (exact) mass is 430 g/mol. The first-order valence-corrected chi connectivity index (χ1v) is 11.3. The molecular formula is C23H31FN4O3. The Hall–Kier alpha value is -2.48. The van der Waals surface area contributed by atoms with Gasteiger partial charge in [-0.15, -0.1) is 0 Å². The number of carbonyl (C=O) groups excluding carboxylic acids is 1. The number of carbonyl (C=O) groups is 1. The molecule has 7 nitrogen and oxygen atoms in total. The second-order valence-electron chi connectivity index (χ2n) is 9.00. The van der Waals surface area contributed by atoms with Gasteiger partial charge in [-0.05, 0) is 56.6 Å². The summed E-state index contributed by atoms with van der Waals surface area (Å²) in [5, 5.41) is 14.1. The highest BCUT2D eigenvalue weighted by Crippen LogP contribution is 2.27. The van der Waals surface area contributed by atoms with Crippen LogP contribution in [-0.2, 0) is 6.54 Å². The third-order valence-electron chi connectivity index (χ3n) is 6.73. The molecule has 2 fully saturated rings. The van der Waals surface area contributed by atoms with Crippen LogP contribution in [0.1, 0.15) is 55.8 Å². The lowest BCUT2D eigenvalue weighted by Gasteiger charge is -2.29. The van der Waals surface area contributed by atoms with E-state index >= 15 is 0 Å². The zero-order valence-corrected chi connectivity index (χ0v) is 18.0. The van der Waals surface area contributed by atoms with Crippen LogP contribution in [0.15, 0.2) is 23.1 Å². The molecule has 0 unspecified atom stereocenters. The van der Waals surface area contributed by atoms with E-state index < -0.39 is 17.6 Å². The zero-order valence-electron chi connectivity index (χ0n) is 18.0. The molecule has 3 heterocycles. The molecule has 0 bridgehead atoms. The molecule has 1 amide bonds. The number of aromatic nitrogens is 2. The van der Waals surface area contributed by atoms with Crippen molar-refractivity contribution >= 4 is 16.9 Å². The van der Waals surface area contributed by atoms with E-state index in [1.807, 2.05) is 0 Å². The number of piperidine rings is 1. The quantitative estimate of drug-likeness (QED) is 0.762. The summed E-state index contributed by atoms with van der Waals surface area (Å²) in [6.07, 6.45) is 5.64. The number of hydrogen-bond donors (Lipinski definition) is 2. The minimum Gasteiger partial charge on any atom is -0.506 e. The molecule has 1 aliphatic heterocycles. The highest BCUT2D eigenvalue weighted by atomic mass is 19.1. The number of amides is 1. The number of nitrogens with one attached hydrogen (secondary N) is 1. The van der Waals surface area contributed by atoms with Gasteiger partial charge in [0.2, 0.25) is 0 Å². The van der Waals surface area contributed by atoms with E-state index in [2.05, 4.69) is 22.1 Å². The second kappa shape index (κ2) is 9.34. The van der Waals surface area contributed by atoms with Gasteiger partial charge < -0.3 is 15.3 Å². The Morgan fingerprint density at radius 1 is 1.19 bits per heavy atom.